The number of nitrogens with zero attached hydrogens (tertiary/aromatic N) is 2. The lowest BCUT2D eigenvalue weighted by Crippen LogP contribution is -2.55. The highest BCUT2D eigenvalue weighted by atomic mass is 32.1. The van der Waals surface area contributed by atoms with Crippen LogP contribution in [0.5, 0.6) is 5.75 Å². The van der Waals surface area contributed by atoms with E-state index in [4.69, 9.17) is 9.72 Å². The first kappa shape index (κ1) is 13.6. The van der Waals surface area contributed by atoms with Gasteiger partial charge in [0.25, 0.3) is 0 Å². The Morgan fingerprint density at radius 2 is 2.35 bits per heavy atom. The zero-order valence-corrected chi connectivity index (χ0v) is 13.7. The number of fused-ring (bicyclic) bond motifs is 4. The fraction of sp³-hybridized carbons (Fsp3) is 0.500. The van der Waals surface area contributed by atoms with Crippen molar-refractivity contribution in [2.45, 2.75) is 37.9 Å². The molecule has 0 saturated carbocycles. The van der Waals surface area contributed by atoms with E-state index in [1.807, 2.05) is 11.0 Å². The standard InChI is InChI=1S/C16H18N4O2S/c1-8-13-10(4-6-17-8)20(15(21)18-13)16-19-14-9-5-7-22-11(9)2-3-12(14)23-16/h2-3,8,10,13,17H,4-7H2,1H3,(H,18,21)/t8-,10-,13+/m1/s1. The van der Waals surface area contributed by atoms with Crippen molar-refractivity contribution >= 4 is 32.7 Å². The van der Waals surface area contributed by atoms with Gasteiger partial charge in [0.05, 0.1) is 28.9 Å². The third-order valence-corrected chi connectivity index (χ3v) is 6.15. The van der Waals surface area contributed by atoms with Gasteiger partial charge in [0.2, 0.25) is 0 Å². The second-order valence-electron chi connectivity index (χ2n) is 6.43. The number of thiazole rings is 1. The number of hydrogen-bond acceptors (Lipinski definition) is 5. The van der Waals surface area contributed by atoms with Crippen molar-refractivity contribution in [1.29, 1.82) is 0 Å². The van der Waals surface area contributed by atoms with Crippen molar-refractivity contribution in [3.05, 3.63) is 17.7 Å². The SMILES string of the molecule is C[C@H]1NCC[C@@H]2[C@H]1NC(=O)N2c1nc2c3c(ccc2s1)OCC3. The molecule has 23 heavy (non-hydrogen) atoms. The molecule has 0 aliphatic carbocycles. The first-order valence-corrected chi connectivity index (χ1v) is 8.92. The molecule has 0 bridgehead atoms. The quantitative estimate of drug-likeness (QED) is 0.838. The number of rotatable bonds is 1. The number of benzene rings is 1. The van der Waals surface area contributed by atoms with Gasteiger partial charge >= 0.3 is 6.03 Å². The van der Waals surface area contributed by atoms with Crippen LogP contribution in [-0.2, 0) is 6.42 Å². The molecule has 3 atom stereocenters. The zero-order valence-electron chi connectivity index (χ0n) is 12.8. The van der Waals surface area contributed by atoms with Gasteiger partial charge in [-0.15, -0.1) is 0 Å². The molecule has 7 heteroatoms. The molecule has 3 aliphatic rings. The molecule has 2 aromatic rings. The number of nitrogens with one attached hydrogen (secondary N) is 2. The lowest BCUT2D eigenvalue weighted by Gasteiger charge is -2.33. The first-order chi connectivity index (χ1) is 11.2. The van der Waals surface area contributed by atoms with E-state index in [-0.39, 0.29) is 24.2 Å². The van der Waals surface area contributed by atoms with Gasteiger partial charge in [-0.1, -0.05) is 11.3 Å². The third-order valence-electron chi connectivity index (χ3n) is 5.13. The van der Waals surface area contributed by atoms with Gasteiger partial charge in [0, 0.05) is 18.0 Å². The van der Waals surface area contributed by atoms with E-state index in [1.54, 1.807) is 11.3 Å². The predicted octanol–water partition coefficient (Wildman–Crippen LogP) is 1.88. The van der Waals surface area contributed by atoms with Crippen LogP contribution in [0.15, 0.2) is 12.1 Å². The molecular formula is C16H18N4O2S. The normalized spacial score (nSPS) is 29.3. The Labute approximate surface area is 137 Å². The van der Waals surface area contributed by atoms with E-state index in [1.165, 1.54) is 5.56 Å². The highest BCUT2D eigenvalue weighted by molar-refractivity contribution is 7.22. The monoisotopic (exact) mass is 330 g/mol. The van der Waals surface area contributed by atoms with Crippen molar-refractivity contribution in [3.8, 4) is 5.75 Å². The lowest BCUT2D eigenvalue weighted by molar-refractivity contribution is 0.249. The van der Waals surface area contributed by atoms with E-state index in [0.717, 1.165) is 47.1 Å². The number of urea groups is 1. The fourth-order valence-corrected chi connectivity index (χ4v) is 5.01. The van der Waals surface area contributed by atoms with E-state index in [9.17, 15) is 4.79 Å². The van der Waals surface area contributed by atoms with Crippen LogP contribution in [-0.4, -0.2) is 42.3 Å². The van der Waals surface area contributed by atoms with Gasteiger partial charge in [-0.2, -0.15) is 0 Å². The summed E-state index contributed by atoms with van der Waals surface area (Å²) in [5.74, 6) is 0.939. The number of hydrogen-bond donors (Lipinski definition) is 2. The summed E-state index contributed by atoms with van der Waals surface area (Å²) < 4.78 is 6.75. The number of carbonyl (C=O) groups excluding carboxylic acids is 1. The Morgan fingerprint density at radius 3 is 3.26 bits per heavy atom. The molecule has 120 valence electrons. The molecule has 0 unspecified atom stereocenters. The molecule has 6 nitrogen and oxygen atoms in total. The van der Waals surface area contributed by atoms with Crippen LogP contribution < -0.4 is 20.3 Å². The summed E-state index contributed by atoms with van der Waals surface area (Å²) in [7, 11) is 0. The van der Waals surface area contributed by atoms with Crippen molar-refractivity contribution in [1.82, 2.24) is 15.6 Å². The highest BCUT2D eigenvalue weighted by Gasteiger charge is 2.45. The molecule has 2 amide bonds. The second kappa shape index (κ2) is 4.82. The van der Waals surface area contributed by atoms with E-state index < -0.39 is 0 Å². The average Bonchev–Trinajstić information content (AvgIpc) is 3.21. The summed E-state index contributed by atoms with van der Waals surface area (Å²) in [6, 6.07) is 4.67. The largest absolute Gasteiger partial charge is 0.493 e. The highest BCUT2D eigenvalue weighted by Crippen LogP contribution is 2.39. The summed E-state index contributed by atoms with van der Waals surface area (Å²) in [6.45, 7) is 3.78. The molecular weight excluding hydrogens is 312 g/mol. The predicted molar refractivity (Wildman–Crippen MR) is 89.5 cm³/mol. The van der Waals surface area contributed by atoms with Gasteiger partial charge in [0.15, 0.2) is 5.13 Å². The smallest absolute Gasteiger partial charge is 0.324 e. The lowest BCUT2D eigenvalue weighted by atomic mass is 9.95. The van der Waals surface area contributed by atoms with Crippen molar-refractivity contribution < 1.29 is 9.53 Å². The topological polar surface area (TPSA) is 66.5 Å². The maximum absolute atomic E-state index is 12.5. The Morgan fingerprint density at radius 1 is 1.43 bits per heavy atom. The molecule has 2 N–H and O–H groups in total. The molecule has 2 saturated heterocycles. The molecule has 1 aromatic heterocycles. The van der Waals surface area contributed by atoms with E-state index in [0.29, 0.717) is 0 Å². The summed E-state index contributed by atoms with van der Waals surface area (Å²) in [4.78, 5) is 19.2. The Balaban J connectivity index is 1.59. The van der Waals surface area contributed by atoms with Crippen molar-refractivity contribution in [2.75, 3.05) is 18.1 Å². The van der Waals surface area contributed by atoms with Gasteiger partial charge in [-0.3, -0.25) is 4.90 Å². The summed E-state index contributed by atoms with van der Waals surface area (Å²) in [5, 5.41) is 7.35. The first-order valence-electron chi connectivity index (χ1n) is 8.11. The maximum Gasteiger partial charge on any atom is 0.324 e. The number of ether oxygens (including phenoxy) is 1. The number of piperidine rings is 1. The third kappa shape index (κ3) is 1.89. The van der Waals surface area contributed by atoms with Crippen molar-refractivity contribution in [3.63, 3.8) is 0 Å². The average molecular weight is 330 g/mol. The Bertz CT molecular complexity index is 805. The second-order valence-corrected chi connectivity index (χ2v) is 7.44. The minimum atomic E-state index is -0.0255. The number of amides is 2. The molecule has 1 aromatic carbocycles. The van der Waals surface area contributed by atoms with Crippen LogP contribution in [0.4, 0.5) is 9.93 Å². The zero-order chi connectivity index (χ0) is 15.6. The minimum Gasteiger partial charge on any atom is -0.493 e. The molecule has 4 heterocycles. The van der Waals surface area contributed by atoms with Crippen LogP contribution in [0.1, 0.15) is 18.9 Å². The maximum atomic E-state index is 12.5. The fourth-order valence-electron chi connectivity index (χ4n) is 3.96. The van der Waals surface area contributed by atoms with E-state index >= 15 is 0 Å². The van der Waals surface area contributed by atoms with Gasteiger partial charge in [0.1, 0.15) is 5.75 Å². The molecule has 0 radical (unpaired) electrons. The Kier molecular flexibility index (Phi) is 2.84. The summed E-state index contributed by atoms with van der Waals surface area (Å²) >= 11 is 1.60. The van der Waals surface area contributed by atoms with Crippen LogP contribution >= 0.6 is 11.3 Å². The van der Waals surface area contributed by atoms with Crippen LogP contribution in [0.2, 0.25) is 0 Å². The van der Waals surface area contributed by atoms with Crippen molar-refractivity contribution in [2.24, 2.45) is 0 Å². The van der Waals surface area contributed by atoms with E-state index in [2.05, 4.69) is 23.6 Å². The van der Waals surface area contributed by atoms with Gasteiger partial charge in [-0.05, 0) is 32.0 Å². The molecule has 2 fully saturated rings. The summed E-state index contributed by atoms with van der Waals surface area (Å²) in [5.41, 5.74) is 2.18. The molecule has 0 spiro atoms. The van der Waals surface area contributed by atoms with Crippen LogP contribution in [0.25, 0.3) is 10.2 Å². The van der Waals surface area contributed by atoms with Gasteiger partial charge in [-0.25, -0.2) is 9.78 Å². The Hall–Kier alpha value is -1.86. The van der Waals surface area contributed by atoms with Gasteiger partial charge < -0.3 is 15.4 Å². The summed E-state index contributed by atoms with van der Waals surface area (Å²) in [6.07, 6.45) is 1.85. The van der Waals surface area contributed by atoms with Crippen LogP contribution in [0, 0.1) is 0 Å². The molecule has 3 aliphatic heterocycles. The number of carbonyl (C=O) groups is 1. The molecule has 5 rings (SSSR count). The van der Waals surface area contributed by atoms with Crippen LogP contribution in [0.3, 0.4) is 0 Å². The number of anilines is 1. The number of aromatic nitrogens is 1. The minimum absolute atomic E-state index is 0.0255.